The summed E-state index contributed by atoms with van der Waals surface area (Å²) in [4.78, 5) is 15.2. The number of halogens is 1. The monoisotopic (exact) mass is 554 g/mol. The average molecular weight is 554 g/mol. The van der Waals surface area contributed by atoms with Gasteiger partial charge in [0.25, 0.3) is 5.91 Å². The maximum absolute atomic E-state index is 10.9. The number of aliphatic imine (C=N–C) groups is 1. The number of carbonyl (C=O) groups excluding carboxylic acids is 1. The van der Waals surface area contributed by atoms with Gasteiger partial charge in [-0.2, -0.15) is 0 Å². The summed E-state index contributed by atoms with van der Waals surface area (Å²) in [5.74, 6) is 2.52. The Balaban J connectivity index is 0.00000363. The SMILES string of the molecule is CCOc1cc2c(cc1CNC(=NC)NCc1cccc(OCC(N)=O)c1)OC(C)C2.I. The summed E-state index contributed by atoms with van der Waals surface area (Å²) in [6.07, 6.45) is 1.08. The maximum atomic E-state index is 10.9. The fourth-order valence-corrected chi connectivity index (χ4v) is 3.39. The molecule has 8 nitrogen and oxygen atoms in total. The van der Waals surface area contributed by atoms with Crippen molar-refractivity contribution in [3.8, 4) is 17.2 Å². The Kier molecular flexibility index (Phi) is 9.89. The average Bonchev–Trinajstić information content (AvgIpc) is 3.11. The zero-order valence-corrected chi connectivity index (χ0v) is 21.0. The molecule has 0 aromatic heterocycles. The quantitative estimate of drug-likeness (QED) is 0.250. The van der Waals surface area contributed by atoms with Crippen LogP contribution in [-0.2, 0) is 24.3 Å². The van der Waals surface area contributed by atoms with E-state index in [0.717, 1.165) is 29.0 Å². The second kappa shape index (κ2) is 12.4. The first-order valence-electron chi connectivity index (χ1n) is 10.4. The van der Waals surface area contributed by atoms with Crippen molar-refractivity contribution in [3.05, 3.63) is 53.1 Å². The molecule has 1 atom stereocenters. The Morgan fingerprint density at radius 2 is 2.00 bits per heavy atom. The Labute approximate surface area is 205 Å². The topological polar surface area (TPSA) is 107 Å². The molecule has 1 aliphatic rings. The molecule has 9 heteroatoms. The van der Waals surface area contributed by atoms with E-state index >= 15 is 0 Å². The van der Waals surface area contributed by atoms with Crippen molar-refractivity contribution in [2.24, 2.45) is 10.7 Å². The van der Waals surface area contributed by atoms with E-state index in [1.165, 1.54) is 5.56 Å². The van der Waals surface area contributed by atoms with E-state index in [9.17, 15) is 4.79 Å². The van der Waals surface area contributed by atoms with Crippen molar-refractivity contribution < 1.29 is 19.0 Å². The van der Waals surface area contributed by atoms with E-state index in [2.05, 4.69) is 28.6 Å². The van der Waals surface area contributed by atoms with E-state index in [1.807, 2.05) is 31.2 Å². The highest BCUT2D eigenvalue weighted by Crippen LogP contribution is 2.35. The van der Waals surface area contributed by atoms with E-state index in [1.54, 1.807) is 13.1 Å². The number of primary amides is 1. The van der Waals surface area contributed by atoms with Crippen LogP contribution in [0.15, 0.2) is 41.4 Å². The van der Waals surface area contributed by atoms with E-state index in [0.29, 0.717) is 31.4 Å². The number of guanidine groups is 1. The van der Waals surface area contributed by atoms with Crippen molar-refractivity contribution >= 4 is 35.8 Å². The summed E-state index contributed by atoms with van der Waals surface area (Å²) in [6, 6.07) is 11.6. The molecule has 0 saturated carbocycles. The summed E-state index contributed by atoms with van der Waals surface area (Å²) >= 11 is 0. The summed E-state index contributed by atoms with van der Waals surface area (Å²) in [5, 5.41) is 6.60. The van der Waals surface area contributed by atoms with Gasteiger partial charge in [0.2, 0.25) is 0 Å². The third kappa shape index (κ3) is 7.18. The number of rotatable bonds is 9. The molecule has 174 valence electrons. The van der Waals surface area contributed by atoms with Gasteiger partial charge in [-0.15, -0.1) is 24.0 Å². The smallest absolute Gasteiger partial charge is 0.255 e. The van der Waals surface area contributed by atoms with Gasteiger partial charge in [0.15, 0.2) is 12.6 Å². The molecule has 0 aliphatic carbocycles. The first-order chi connectivity index (χ1) is 15.0. The second-order valence-electron chi connectivity index (χ2n) is 7.31. The lowest BCUT2D eigenvalue weighted by atomic mass is 10.1. The second-order valence-corrected chi connectivity index (χ2v) is 7.31. The third-order valence-electron chi connectivity index (χ3n) is 4.79. The van der Waals surface area contributed by atoms with Crippen LogP contribution >= 0.6 is 24.0 Å². The number of nitrogens with two attached hydrogens (primary N) is 1. The highest BCUT2D eigenvalue weighted by molar-refractivity contribution is 14.0. The minimum atomic E-state index is -0.508. The molecule has 1 unspecified atom stereocenters. The number of nitrogens with zero attached hydrogens (tertiary/aromatic N) is 1. The molecule has 0 bridgehead atoms. The van der Waals surface area contributed by atoms with Crippen LogP contribution in [0.1, 0.15) is 30.5 Å². The van der Waals surface area contributed by atoms with Crippen LogP contribution < -0.4 is 30.6 Å². The first kappa shape index (κ1) is 25.6. The molecule has 32 heavy (non-hydrogen) atoms. The molecule has 0 saturated heterocycles. The normalized spacial score (nSPS) is 14.6. The number of amides is 1. The van der Waals surface area contributed by atoms with Gasteiger partial charge in [-0.05, 0) is 43.7 Å². The number of carbonyl (C=O) groups is 1. The molecule has 1 heterocycles. The van der Waals surface area contributed by atoms with E-state index < -0.39 is 5.91 Å². The minimum absolute atomic E-state index is 0. The fourth-order valence-electron chi connectivity index (χ4n) is 3.39. The molecule has 4 N–H and O–H groups in total. The van der Waals surface area contributed by atoms with Crippen LogP contribution in [-0.4, -0.2) is 38.2 Å². The molecule has 0 radical (unpaired) electrons. The lowest BCUT2D eigenvalue weighted by molar-refractivity contribution is -0.119. The minimum Gasteiger partial charge on any atom is -0.494 e. The Hall–Kier alpha value is -2.69. The zero-order valence-electron chi connectivity index (χ0n) is 18.6. The summed E-state index contributed by atoms with van der Waals surface area (Å²) in [6.45, 7) is 5.58. The van der Waals surface area contributed by atoms with Gasteiger partial charge in [-0.1, -0.05) is 12.1 Å². The van der Waals surface area contributed by atoms with Crippen LogP contribution in [0.4, 0.5) is 0 Å². The van der Waals surface area contributed by atoms with E-state index in [4.69, 9.17) is 19.9 Å². The molecule has 2 aromatic carbocycles. The number of benzene rings is 2. The zero-order chi connectivity index (χ0) is 22.2. The van der Waals surface area contributed by atoms with Crippen LogP contribution in [0, 0.1) is 0 Å². The summed E-state index contributed by atoms with van der Waals surface area (Å²) in [5.41, 5.74) is 8.31. The Morgan fingerprint density at radius 1 is 1.22 bits per heavy atom. The Morgan fingerprint density at radius 3 is 2.72 bits per heavy atom. The Bertz CT molecular complexity index is 952. The highest BCUT2D eigenvalue weighted by atomic mass is 127. The van der Waals surface area contributed by atoms with E-state index in [-0.39, 0.29) is 36.7 Å². The number of nitrogens with one attached hydrogen (secondary N) is 2. The molecule has 2 aromatic rings. The molecule has 3 rings (SSSR count). The third-order valence-corrected chi connectivity index (χ3v) is 4.79. The lowest BCUT2D eigenvalue weighted by Crippen LogP contribution is -2.36. The van der Waals surface area contributed by atoms with Crippen LogP contribution in [0.2, 0.25) is 0 Å². The van der Waals surface area contributed by atoms with Gasteiger partial charge in [-0.25, -0.2) is 0 Å². The first-order valence-corrected chi connectivity index (χ1v) is 10.4. The predicted octanol–water partition coefficient (Wildman–Crippen LogP) is 2.76. The molecular weight excluding hydrogens is 523 g/mol. The molecule has 1 aliphatic heterocycles. The summed E-state index contributed by atoms with van der Waals surface area (Å²) < 4.78 is 17.1. The number of hydrogen-bond acceptors (Lipinski definition) is 5. The van der Waals surface area contributed by atoms with Gasteiger partial charge in [0.1, 0.15) is 23.4 Å². The van der Waals surface area contributed by atoms with Gasteiger partial charge >= 0.3 is 0 Å². The molecule has 0 spiro atoms. The van der Waals surface area contributed by atoms with Crippen LogP contribution in [0.5, 0.6) is 17.2 Å². The number of hydrogen-bond donors (Lipinski definition) is 3. The van der Waals surface area contributed by atoms with Gasteiger partial charge < -0.3 is 30.6 Å². The van der Waals surface area contributed by atoms with Gasteiger partial charge in [0, 0.05) is 37.7 Å². The van der Waals surface area contributed by atoms with Gasteiger partial charge in [-0.3, -0.25) is 9.79 Å². The van der Waals surface area contributed by atoms with Crippen LogP contribution in [0.3, 0.4) is 0 Å². The van der Waals surface area contributed by atoms with Crippen molar-refractivity contribution in [2.75, 3.05) is 20.3 Å². The number of ether oxygens (including phenoxy) is 3. The van der Waals surface area contributed by atoms with Crippen molar-refractivity contribution in [2.45, 2.75) is 39.5 Å². The van der Waals surface area contributed by atoms with Crippen molar-refractivity contribution in [1.82, 2.24) is 10.6 Å². The largest absolute Gasteiger partial charge is 0.494 e. The molecular formula is C23H31IN4O4. The maximum Gasteiger partial charge on any atom is 0.255 e. The van der Waals surface area contributed by atoms with Gasteiger partial charge in [0.05, 0.1) is 6.61 Å². The molecule has 0 fully saturated rings. The highest BCUT2D eigenvalue weighted by Gasteiger charge is 2.21. The summed E-state index contributed by atoms with van der Waals surface area (Å²) in [7, 11) is 1.72. The lowest BCUT2D eigenvalue weighted by Gasteiger charge is -2.16. The van der Waals surface area contributed by atoms with Crippen LogP contribution in [0.25, 0.3) is 0 Å². The predicted molar refractivity (Wildman–Crippen MR) is 135 cm³/mol. The van der Waals surface area contributed by atoms with Crippen molar-refractivity contribution in [3.63, 3.8) is 0 Å². The molecule has 1 amide bonds. The number of fused-ring (bicyclic) bond motifs is 1. The standard InChI is InChI=1S/C23H30N4O4.HI/c1-4-29-20-10-17-8-15(2)31-21(17)11-18(20)13-27-23(25-3)26-12-16-6-5-7-19(9-16)30-14-22(24)28;/h5-7,9-11,15H,4,8,12-14H2,1-3H3,(H2,24,28)(H2,25,26,27);1H. The van der Waals surface area contributed by atoms with Crippen molar-refractivity contribution in [1.29, 1.82) is 0 Å². The fraction of sp³-hybridized carbons (Fsp3) is 0.391.